The van der Waals surface area contributed by atoms with Gasteiger partial charge in [-0.1, -0.05) is 48.5 Å². The molecule has 0 spiro atoms. The third-order valence-electron chi connectivity index (χ3n) is 4.42. The van der Waals surface area contributed by atoms with Gasteiger partial charge in [0.25, 0.3) is 0 Å². The van der Waals surface area contributed by atoms with Gasteiger partial charge < -0.3 is 0 Å². The minimum atomic E-state index is 1.02. The largest absolute Gasteiger partial charge is 0.256 e. The van der Waals surface area contributed by atoms with E-state index in [-0.39, 0.29) is 0 Å². The third-order valence-corrected chi connectivity index (χ3v) is 4.42. The highest BCUT2D eigenvalue weighted by atomic mass is 14.7. The lowest BCUT2D eigenvalue weighted by Crippen LogP contribution is -1.87. The second kappa shape index (κ2) is 4.28. The Bertz CT molecular complexity index is 1050. The van der Waals surface area contributed by atoms with Gasteiger partial charge in [-0.15, -0.1) is 0 Å². The fourth-order valence-corrected chi connectivity index (χ4v) is 3.44. The summed E-state index contributed by atoms with van der Waals surface area (Å²) < 4.78 is 0. The van der Waals surface area contributed by atoms with Crippen LogP contribution >= 0.6 is 0 Å². The van der Waals surface area contributed by atoms with Crippen LogP contribution in [0.1, 0.15) is 0 Å². The molecular weight excluding hydrogens is 266 g/mol. The Morgan fingerprint density at radius 2 is 1.18 bits per heavy atom. The van der Waals surface area contributed by atoms with Crippen molar-refractivity contribution in [2.45, 2.75) is 0 Å². The van der Waals surface area contributed by atoms with Gasteiger partial charge in [0, 0.05) is 11.8 Å². The van der Waals surface area contributed by atoms with Crippen molar-refractivity contribution in [2.24, 2.45) is 0 Å². The Morgan fingerprint density at radius 1 is 0.545 bits per heavy atom. The van der Waals surface area contributed by atoms with Crippen molar-refractivity contribution >= 4 is 32.3 Å². The first kappa shape index (κ1) is 11.7. The number of nitrogens with zero attached hydrogens (tertiary/aromatic N) is 1. The van der Waals surface area contributed by atoms with Gasteiger partial charge in [0.1, 0.15) is 0 Å². The van der Waals surface area contributed by atoms with Crippen molar-refractivity contribution in [3.05, 3.63) is 79.0 Å². The van der Waals surface area contributed by atoms with E-state index in [1.807, 2.05) is 18.3 Å². The van der Waals surface area contributed by atoms with E-state index < -0.39 is 0 Å². The van der Waals surface area contributed by atoms with Gasteiger partial charge >= 0.3 is 0 Å². The Hall–Kier alpha value is -2.93. The lowest BCUT2D eigenvalue weighted by atomic mass is 9.92. The monoisotopic (exact) mass is 279 g/mol. The first-order valence-electron chi connectivity index (χ1n) is 7.49. The molecule has 1 nitrogen and oxygen atoms in total. The van der Waals surface area contributed by atoms with E-state index in [4.69, 9.17) is 0 Å². The smallest absolute Gasteiger partial charge is 0.0702 e. The van der Waals surface area contributed by atoms with Gasteiger partial charge in [0.05, 0.1) is 5.69 Å². The average molecular weight is 279 g/mol. The number of hydrogen-bond acceptors (Lipinski definition) is 1. The van der Waals surface area contributed by atoms with E-state index in [0.717, 1.165) is 5.69 Å². The van der Waals surface area contributed by atoms with Crippen molar-refractivity contribution in [1.82, 2.24) is 4.98 Å². The highest BCUT2D eigenvalue weighted by Crippen LogP contribution is 2.36. The summed E-state index contributed by atoms with van der Waals surface area (Å²) in [6.45, 7) is 0. The van der Waals surface area contributed by atoms with Crippen molar-refractivity contribution in [2.75, 3.05) is 0 Å². The number of rotatable bonds is 1. The summed E-state index contributed by atoms with van der Waals surface area (Å²) in [6.07, 6.45) is 1.85. The molecule has 0 fully saturated rings. The van der Waals surface area contributed by atoms with Crippen LogP contribution in [0.2, 0.25) is 0 Å². The van der Waals surface area contributed by atoms with Crippen LogP contribution in [0, 0.1) is 0 Å². The lowest BCUT2D eigenvalue weighted by molar-refractivity contribution is 1.33. The molecule has 0 atom stereocenters. The van der Waals surface area contributed by atoms with Gasteiger partial charge in [0.15, 0.2) is 0 Å². The SMILES string of the molecule is c1ccc(-c2cc3ccc4cccc5ccc(c2)c3c45)nc1. The van der Waals surface area contributed by atoms with Gasteiger partial charge in [0.2, 0.25) is 0 Å². The molecule has 0 saturated heterocycles. The standard InChI is InChI=1S/C21H13N/c1-2-11-22-19(6-1)18-12-16-9-7-14-4-3-5-15-8-10-17(13-18)21(16)20(14)15/h1-13H. The van der Waals surface area contributed by atoms with Crippen molar-refractivity contribution in [1.29, 1.82) is 0 Å². The van der Waals surface area contributed by atoms with Crippen LogP contribution < -0.4 is 0 Å². The second-order valence-corrected chi connectivity index (χ2v) is 5.72. The quantitative estimate of drug-likeness (QED) is 0.361. The molecule has 0 unspecified atom stereocenters. The zero-order valence-electron chi connectivity index (χ0n) is 12.0. The minimum absolute atomic E-state index is 1.02. The molecule has 102 valence electrons. The molecule has 0 aliphatic rings. The van der Waals surface area contributed by atoms with E-state index >= 15 is 0 Å². The number of hydrogen-bond donors (Lipinski definition) is 0. The Balaban J connectivity index is 1.95. The lowest BCUT2D eigenvalue weighted by Gasteiger charge is -2.12. The van der Waals surface area contributed by atoms with Crippen LogP contribution in [0.5, 0.6) is 0 Å². The zero-order valence-corrected chi connectivity index (χ0v) is 12.0. The maximum absolute atomic E-state index is 4.48. The van der Waals surface area contributed by atoms with Crippen LogP contribution in [0.15, 0.2) is 79.0 Å². The molecule has 5 aromatic rings. The van der Waals surface area contributed by atoms with Crippen LogP contribution in [0.4, 0.5) is 0 Å². The van der Waals surface area contributed by atoms with Crippen LogP contribution in [-0.4, -0.2) is 4.98 Å². The summed E-state index contributed by atoms with van der Waals surface area (Å²) in [5, 5.41) is 7.90. The molecule has 1 heteroatoms. The molecule has 1 aromatic heterocycles. The second-order valence-electron chi connectivity index (χ2n) is 5.72. The van der Waals surface area contributed by atoms with Gasteiger partial charge in [-0.2, -0.15) is 0 Å². The number of aromatic nitrogens is 1. The molecule has 0 radical (unpaired) electrons. The first-order chi connectivity index (χ1) is 10.9. The van der Waals surface area contributed by atoms with Crippen molar-refractivity contribution in [3.8, 4) is 11.3 Å². The summed E-state index contributed by atoms with van der Waals surface area (Å²) in [4.78, 5) is 4.48. The maximum Gasteiger partial charge on any atom is 0.0702 e. The average Bonchev–Trinajstić information content (AvgIpc) is 2.60. The number of pyridine rings is 1. The topological polar surface area (TPSA) is 12.9 Å². The fraction of sp³-hybridized carbons (Fsp3) is 0. The van der Waals surface area contributed by atoms with E-state index in [9.17, 15) is 0 Å². The summed E-state index contributed by atoms with van der Waals surface area (Å²) in [5.41, 5.74) is 2.19. The van der Waals surface area contributed by atoms with Crippen molar-refractivity contribution < 1.29 is 0 Å². The van der Waals surface area contributed by atoms with Gasteiger partial charge in [-0.25, -0.2) is 0 Å². The molecule has 0 amide bonds. The molecule has 0 aliphatic heterocycles. The Kier molecular flexibility index (Phi) is 2.28. The van der Waals surface area contributed by atoms with E-state index in [2.05, 4.69) is 65.6 Å². The molecule has 0 aliphatic carbocycles. The van der Waals surface area contributed by atoms with E-state index in [1.54, 1.807) is 0 Å². The van der Waals surface area contributed by atoms with Crippen molar-refractivity contribution in [3.63, 3.8) is 0 Å². The Morgan fingerprint density at radius 3 is 1.82 bits per heavy atom. The minimum Gasteiger partial charge on any atom is -0.256 e. The van der Waals surface area contributed by atoms with Crippen LogP contribution in [-0.2, 0) is 0 Å². The highest BCUT2D eigenvalue weighted by molar-refractivity contribution is 6.23. The maximum atomic E-state index is 4.48. The van der Waals surface area contributed by atoms with Gasteiger partial charge in [-0.3, -0.25) is 4.98 Å². The third kappa shape index (κ3) is 1.57. The molecule has 5 rings (SSSR count). The van der Waals surface area contributed by atoms with Gasteiger partial charge in [-0.05, 0) is 56.6 Å². The van der Waals surface area contributed by atoms with E-state index in [1.165, 1.54) is 37.9 Å². The Labute approximate surface area is 128 Å². The summed E-state index contributed by atoms with van der Waals surface area (Å²) in [5.74, 6) is 0. The first-order valence-corrected chi connectivity index (χ1v) is 7.49. The number of benzene rings is 4. The van der Waals surface area contributed by atoms with E-state index in [0.29, 0.717) is 0 Å². The fourth-order valence-electron chi connectivity index (χ4n) is 3.44. The molecule has 4 aromatic carbocycles. The predicted molar refractivity (Wildman–Crippen MR) is 93.4 cm³/mol. The molecule has 0 bridgehead atoms. The van der Waals surface area contributed by atoms with Crippen LogP contribution in [0.3, 0.4) is 0 Å². The predicted octanol–water partition coefficient (Wildman–Crippen LogP) is 5.65. The molecule has 0 saturated carbocycles. The molecule has 22 heavy (non-hydrogen) atoms. The zero-order chi connectivity index (χ0) is 14.5. The molecular formula is C21H13N. The van der Waals surface area contributed by atoms with Crippen LogP contribution in [0.25, 0.3) is 43.6 Å². The highest BCUT2D eigenvalue weighted by Gasteiger charge is 2.09. The summed E-state index contributed by atoms with van der Waals surface area (Å²) >= 11 is 0. The summed E-state index contributed by atoms with van der Waals surface area (Å²) in [7, 11) is 0. The molecule has 0 N–H and O–H groups in total. The normalized spacial score (nSPS) is 11.6. The molecule has 1 heterocycles. The summed E-state index contributed by atoms with van der Waals surface area (Å²) in [6, 6.07) is 25.9.